The Morgan fingerprint density at radius 3 is 2.63 bits per heavy atom. The predicted molar refractivity (Wildman–Crippen MR) is 71.1 cm³/mol. The second-order valence-electron chi connectivity index (χ2n) is 5.11. The minimum Gasteiger partial charge on any atom is -0.346 e. The first-order chi connectivity index (χ1) is 9.08. The molecule has 0 N–H and O–H groups in total. The molecule has 5 heteroatoms. The number of ether oxygens (including phenoxy) is 2. The van der Waals surface area contributed by atoms with Gasteiger partial charge in [-0.3, -0.25) is 4.79 Å². The van der Waals surface area contributed by atoms with E-state index in [4.69, 9.17) is 9.47 Å². The Bertz CT molecular complexity index is 541. The molecule has 0 aromatic carbocycles. The van der Waals surface area contributed by atoms with Gasteiger partial charge in [0.05, 0.1) is 17.9 Å². The number of carbonyl (C=O) groups excluding carboxylic acids is 1. The van der Waals surface area contributed by atoms with Gasteiger partial charge in [0.25, 0.3) is 0 Å². The van der Waals surface area contributed by atoms with Crippen molar-refractivity contribution in [2.75, 3.05) is 14.2 Å². The molecule has 1 saturated carbocycles. The van der Waals surface area contributed by atoms with Gasteiger partial charge in [0.2, 0.25) is 5.79 Å². The van der Waals surface area contributed by atoms with Crippen LogP contribution in [0, 0.1) is 29.1 Å². The number of carbonyl (C=O) groups is 1. The molecule has 0 aromatic heterocycles. The highest BCUT2D eigenvalue weighted by atomic mass is 32.2. The lowest BCUT2D eigenvalue weighted by atomic mass is 9.61. The minimum atomic E-state index is -1.29. The van der Waals surface area contributed by atoms with E-state index in [1.54, 1.807) is 17.8 Å². The monoisotopic (exact) mass is 277 g/mol. The summed E-state index contributed by atoms with van der Waals surface area (Å²) < 4.78 is 10.9. The fourth-order valence-electron chi connectivity index (χ4n) is 3.58. The van der Waals surface area contributed by atoms with Crippen molar-refractivity contribution in [3.05, 3.63) is 22.6 Å². The van der Waals surface area contributed by atoms with E-state index in [2.05, 4.69) is 12.1 Å². The maximum absolute atomic E-state index is 12.6. The lowest BCUT2D eigenvalue weighted by Gasteiger charge is -2.51. The number of allylic oxidation sites excluding steroid dienone is 3. The number of fused-ring (bicyclic) bond motifs is 1. The van der Waals surface area contributed by atoms with E-state index in [0.717, 1.165) is 0 Å². The third kappa shape index (κ3) is 1.45. The third-order valence-corrected chi connectivity index (χ3v) is 5.72. The van der Waals surface area contributed by atoms with Gasteiger partial charge in [-0.25, -0.2) is 0 Å². The zero-order valence-corrected chi connectivity index (χ0v) is 11.9. The van der Waals surface area contributed by atoms with E-state index in [0.29, 0.717) is 5.57 Å². The van der Waals surface area contributed by atoms with Gasteiger partial charge in [0.15, 0.2) is 5.78 Å². The van der Waals surface area contributed by atoms with Crippen molar-refractivity contribution in [2.45, 2.75) is 18.0 Å². The Morgan fingerprint density at radius 1 is 1.37 bits per heavy atom. The molecule has 0 amide bonds. The van der Waals surface area contributed by atoms with Gasteiger partial charge in [0.1, 0.15) is 0 Å². The molecule has 4 atom stereocenters. The van der Waals surface area contributed by atoms with Crippen LogP contribution in [0.3, 0.4) is 0 Å². The van der Waals surface area contributed by atoms with Crippen LogP contribution in [0.5, 0.6) is 0 Å². The lowest BCUT2D eigenvalue weighted by molar-refractivity contribution is -0.238. The molecule has 1 fully saturated rings. The molecular weight excluding hydrogens is 262 g/mol. The van der Waals surface area contributed by atoms with Gasteiger partial charge < -0.3 is 9.47 Å². The van der Waals surface area contributed by atoms with Crippen LogP contribution < -0.4 is 0 Å². The van der Waals surface area contributed by atoms with E-state index in [-0.39, 0.29) is 28.8 Å². The molecule has 1 aliphatic heterocycles. The summed E-state index contributed by atoms with van der Waals surface area (Å²) in [5.41, 5.74) is 0.616. The summed E-state index contributed by atoms with van der Waals surface area (Å²) in [4.78, 5) is 13.8. The van der Waals surface area contributed by atoms with Crippen molar-refractivity contribution in [3.63, 3.8) is 0 Å². The van der Waals surface area contributed by atoms with Crippen molar-refractivity contribution < 1.29 is 14.3 Å². The summed E-state index contributed by atoms with van der Waals surface area (Å²) in [6, 6.07) is 2.22. The van der Waals surface area contributed by atoms with Crippen molar-refractivity contribution >= 4 is 17.5 Å². The maximum Gasteiger partial charge on any atom is 0.237 e. The van der Waals surface area contributed by atoms with Gasteiger partial charge in [-0.1, -0.05) is 12.2 Å². The van der Waals surface area contributed by atoms with Crippen LogP contribution >= 0.6 is 11.8 Å². The smallest absolute Gasteiger partial charge is 0.237 e. The van der Waals surface area contributed by atoms with Crippen molar-refractivity contribution in [1.82, 2.24) is 0 Å². The summed E-state index contributed by atoms with van der Waals surface area (Å²) >= 11 is 1.72. The average molecular weight is 277 g/mol. The van der Waals surface area contributed by atoms with E-state index < -0.39 is 5.79 Å². The summed E-state index contributed by atoms with van der Waals surface area (Å²) in [7, 11) is 2.96. The van der Waals surface area contributed by atoms with E-state index in [9.17, 15) is 10.1 Å². The number of ketones is 1. The van der Waals surface area contributed by atoms with Crippen LogP contribution in [-0.4, -0.2) is 31.0 Å². The molecule has 0 radical (unpaired) electrons. The highest BCUT2D eigenvalue weighted by molar-refractivity contribution is 8.03. The van der Waals surface area contributed by atoms with Crippen LogP contribution in [0.4, 0.5) is 0 Å². The zero-order valence-electron chi connectivity index (χ0n) is 11.0. The van der Waals surface area contributed by atoms with E-state index >= 15 is 0 Å². The van der Waals surface area contributed by atoms with Crippen LogP contribution in [0.25, 0.3) is 0 Å². The number of methoxy groups -OCH3 is 2. The maximum atomic E-state index is 12.6. The standard InChI is InChI=1S/C14H15NO3S/c1-7-4-9-10-5-8(6-15)11(12(9)19-7)14(17-2,18-3)13(10)16/h4-5,9-12H,1-3H3. The van der Waals surface area contributed by atoms with Gasteiger partial charge in [-0.15, -0.1) is 11.8 Å². The number of hydrogen-bond donors (Lipinski definition) is 0. The lowest BCUT2D eigenvalue weighted by Crippen LogP contribution is -2.64. The van der Waals surface area contributed by atoms with Crippen LogP contribution in [-0.2, 0) is 14.3 Å². The minimum absolute atomic E-state index is 0.0608. The largest absolute Gasteiger partial charge is 0.346 e. The van der Waals surface area contributed by atoms with E-state index in [1.807, 2.05) is 6.92 Å². The van der Waals surface area contributed by atoms with Crippen molar-refractivity contribution in [3.8, 4) is 6.07 Å². The van der Waals surface area contributed by atoms with Crippen LogP contribution in [0.15, 0.2) is 22.6 Å². The van der Waals surface area contributed by atoms with Crippen LogP contribution in [0.2, 0.25) is 0 Å². The number of hydrogen-bond acceptors (Lipinski definition) is 5. The highest BCUT2D eigenvalue weighted by Crippen LogP contribution is 2.58. The zero-order chi connectivity index (χ0) is 13.8. The summed E-state index contributed by atoms with van der Waals surface area (Å²) in [6.07, 6.45) is 3.95. The van der Waals surface area contributed by atoms with Crippen LogP contribution in [0.1, 0.15) is 6.92 Å². The molecule has 4 nitrogen and oxygen atoms in total. The second kappa shape index (κ2) is 4.20. The molecule has 19 heavy (non-hydrogen) atoms. The van der Waals surface area contributed by atoms with Gasteiger partial charge in [0, 0.05) is 31.0 Å². The molecule has 4 unspecified atom stereocenters. The summed E-state index contributed by atoms with van der Waals surface area (Å²) in [5.74, 6) is -1.83. The number of nitrogens with zero attached hydrogens (tertiary/aromatic N) is 1. The molecular formula is C14H15NO3S. The molecule has 4 rings (SSSR count). The number of rotatable bonds is 2. The van der Waals surface area contributed by atoms with Gasteiger partial charge in [-0.05, 0) is 11.8 Å². The first kappa shape index (κ1) is 12.9. The Balaban J connectivity index is 2.16. The molecule has 4 aliphatic rings. The SMILES string of the molecule is COC1(OC)C(=O)C2C=C(C#N)C1C1SC(C)=CC21. The Hall–Kier alpha value is -1.09. The Kier molecular flexibility index (Phi) is 2.86. The fraction of sp³-hybridized carbons (Fsp3) is 0.571. The Labute approximate surface area is 116 Å². The van der Waals surface area contributed by atoms with Gasteiger partial charge in [-0.2, -0.15) is 5.26 Å². The number of nitriles is 1. The van der Waals surface area contributed by atoms with Gasteiger partial charge >= 0.3 is 0 Å². The molecule has 0 aromatic rings. The first-order valence-electron chi connectivity index (χ1n) is 6.20. The highest BCUT2D eigenvalue weighted by Gasteiger charge is 2.65. The topological polar surface area (TPSA) is 59.3 Å². The molecule has 2 bridgehead atoms. The Morgan fingerprint density at radius 2 is 2.05 bits per heavy atom. The predicted octanol–water partition coefficient (Wildman–Crippen LogP) is 1.89. The first-order valence-corrected chi connectivity index (χ1v) is 7.08. The third-order valence-electron chi connectivity index (χ3n) is 4.36. The second-order valence-corrected chi connectivity index (χ2v) is 6.54. The fourth-order valence-corrected chi connectivity index (χ4v) is 5.12. The van der Waals surface area contributed by atoms with E-state index in [1.165, 1.54) is 19.1 Å². The number of thioether (sulfide) groups is 1. The quantitative estimate of drug-likeness (QED) is 0.721. The molecule has 100 valence electrons. The normalized spacial score (nSPS) is 38.5. The summed E-state index contributed by atoms with van der Waals surface area (Å²) in [5, 5.41) is 9.50. The molecule has 0 spiro atoms. The molecule has 3 aliphatic carbocycles. The van der Waals surface area contributed by atoms with Crippen molar-refractivity contribution in [1.29, 1.82) is 5.26 Å². The molecule has 0 saturated heterocycles. The molecule has 1 heterocycles. The summed E-state index contributed by atoms with van der Waals surface area (Å²) in [6.45, 7) is 2.04. The average Bonchev–Trinajstić information content (AvgIpc) is 2.81. The number of Topliss-reactive ketones (excluding diaryl/α,β-unsaturated/α-hetero) is 1. The van der Waals surface area contributed by atoms with Crippen molar-refractivity contribution in [2.24, 2.45) is 17.8 Å².